The molecule has 0 aliphatic rings. The van der Waals surface area contributed by atoms with Crippen molar-refractivity contribution in [3.8, 4) is 11.5 Å². The van der Waals surface area contributed by atoms with Crippen LogP contribution in [-0.4, -0.2) is 26.3 Å². The van der Waals surface area contributed by atoms with Gasteiger partial charge >= 0.3 is 6.03 Å². The lowest BCUT2D eigenvalue weighted by Gasteiger charge is -2.11. The van der Waals surface area contributed by atoms with Gasteiger partial charge < -0.3 is 20.1 Å². The Labute approximate surface area is 143 Å². The second-order valence-corrected chi connectivity index (χ2v) is 5.52. The Kier molecular flexibility index (Phi) is 6.49. The number of hydrogen-bond donors (Lipinski definition) is 2. The number of aryl methyl sites for hydroxylation is 2. The van der Waals surface area contributed by atoms with Crippen molar-refractivity contribution >= 4 is 6.03 Å². The molecule has 2 aromatic carbocycles. The molecule has 0 fully saturated rings. The second kappa shape index (κ2) is 8.82. The average molecular weight is 328 g/mol. The number of methoxy groups -OCH3 is 1. The van der Waals surface area contributed by atoms with E-state index in [1.807, 2.05) is 49.4 Å². The minimum Gasteiger partial charge on any atom is -0.496 e. The fourth-order valence-corrected chi connectivity index (χ4v) is 2.22. The van der Waals surface area contributed by atoms with Crippen molar-refractivity contribution in [1.82, 2.24) is 10.6 Å². The van der Waals surface area contributed by atoms with Crippen LogP contribution in [0.4, 0.5) is 4.79 Å². The molecule has 0 radical (unpaired) electrons. The SMILES string of the molecule is COc1ccccc1CNC(=O)NCCOc1ccc(C)c(C)c1. The molecule has 0 aliphatic heterocycles. The Hall–Kier alpha value is -2.69. The Morgan fingerprint density at radius 3 is 2.58 bits per heavy atom. The zero-order chi connectivity index (χ0) is 17.4. The van der Waals surface area contributed by atoms with E-state index >= 15 is 0 Å². The monoisotopic (exact) mass is 328 g/mol. The van der Waals surface area contributed by atoms with E-state index in [1.165, 1.54) is 11.1 Å². The summed E-state index contributed by atoms with van der Waals surface area (Å²) >= 11 is 0. The van der Waals surface area contributed by atoms with Crippen molar-refractivity contribution in [3.05, 3.63) is 59.2 Å². The summed E-state index contributed by atoms with van der Waals surface area (Å²) in [7, 11) is 1.61. The fourth-order valence-electron chi connectivity index (χ4n) is 2.22. The topological polar surface area (TPSA) is 59.6 Å². The van der Waals surface area contributed by atoms with E-state index in [0.29, 0.717) is 19.7 Å². The van der Waals surface area contributed by atoms with Crippen LogP contribution in [0.25, 0.3) is 0 Å². The van der Waals surface area contributed by atoms with Crippen LogP contribution in [-0.2, 0) is 6.54 Å². The van der Waals surface area contributed by atoms with Gasteiger partial charge in [0.1, 0.15) is 18.1 Å². The van der Waals surface area contributed by atoms with Gasteiger partial charge in [0, 0.05) is 12.1 Å². The van der Waals surface area contributed by atoms with Crippen LogP contribution in [0.2, 0.25) is 0 Å². The van der Waals surface area contributed by atoms with E-state index in [0.717, 1.165) is 17.1 Å². The van der Waals surface area contributed by atoms with E-state index in [-0.39, 0.29) is 6.03 Å². The first-order valence-electron chi connectivity index (χ1n) is 7.94. The number of nitrogens with one attached hydrogen (secondary N) is 2. The third-order valence-corrected chi connectivity index (χ3v) is 3.77. The molecule has 2 amide bonds. The molecule has 2 N–H and O–H groups in total. The van der Waals surface area contributed by atoms with E-state index in [1.54, 1.807) is 7.11 Å². The van der Waals surface area contributed by atoms with Crippen LogP contribution in [0, 0.1) is 13.8 Å². The summed E-state index contributed by atoms with van der Waals surface area (Å²) < 4.78 is 10.9. The van der Waals surface area contributed by atoms with Crippen molar-refractivity contribution < 1.29 is 14.3 Å². The summed E-state index contributed by atoms with van der Waals surface area (Å²) in [5, 5.41) is 5.57. The van der Waals surface area contributed by atoms with Gasteiger partial charge in [-0.25, -0.2) is 4.79 Å². The number of benzene rings is 2. The van der Waals surface area contributed by atoms with Crippen LogP contribution in [0.15, 0.2) is 42.5 Å². The Morgan fingerprint density at radius 2 is 1.83 bits per heavy atom. The molecule has 0 bridgehead atoms. The molecule has 0 saturated carbocycles. The van der Waals surface area contributed by atoms with Crippen molar-refractivity contribution in [1.29, 1.82) is 0 Å². The summed E-state index contributed by atoms with van der Waals surface area (Å²) in [6.45, 7) is 5.38. The standard InChI is InChI=1S/C19H24N2O3/c1-14-8-9-17(12-15(14)2)24-11-10-20-19(22)21-13-16-6-4-5-7-18(16)23-3/h4-9,12H,10-11,13H2,1-3H3,(H2,20,21,22). The summed E-state index contributed by atoms with van der Waals surface area (Å²) in [6, 6.07) is 13.3. The van der Waals surface area contributed by atoms with Gasteiger partial charge in [-0.15, -0.1) is 0 Å². The molecule has 0 spiro atoms. The molecule has 0 heterocycles. The molecule has 0 aliphatic carbocycles. The summed E-state index contributed by atoms with van der Waals surface area (Å²) in [4.78, 5) is 11.8. The van der Waals surface area contributed by atoms with Gasteiger partial charge in [-0.2, -0.15) is 0 Å². The first-order chi connectivity index (χ1) is 11.6. The summed E-state index contributed by atoms with van der Waals surface area (Å²) in [5.74, 6) is 1.57. The fraction of sp³-hybridized carbons (Fsp3) is 0.316. The lowest BCUT2D eigenvalue weighted by Crippen LogP contribution is -2.37. The van der Waals surface area contributed by atoms with Crippen LogP contribution in [0.3, 0.4) is 0 Å². The molecule has 0 atom stereocenters. The minimum absolute atomic E-state index is 0.232. The third-order valence-electron chi connectivity index (χ3n) is 3.77. The molecule has 128 valence electrons. The molecule has 0 aromatic heterocycles. The number of amides is 2. The molecule has 24 heavy (non-hydrogen) atoms. The number of rotatable bonds is 7. The quantitative estimate of drug-likeness (QED) is 0.768. The third kappa shape index (κ3) is 5.19. The van der Waals surface area contributed by atoms with E-state index in [4.69, 9.17) is 9.47 Å². The Morgan fingerprint density at radius 1 is 1.04 bits per heavy atom. The van der Waals surface area contributed by atoms with E-state index in [2.05, 4.69) is 17.6 Å². The predicted octanol–water partition coefficient (Wildman–Crippen LogP) is 3.19. The normalized spacial score (nSPS) is 10.1. The van der Waals surface area contributed by atoms with Gasteiger partial charge in [-0.1, -0.05) is 24.3 Å². The first-order valence-corrected chi connectivity index (χ1v) is 7.94. The maximum absolute atomic E-state index is 11.8. The number of ether oxygens (including phenoxy) is 2. The number of urea groups is 1. The maximum atomic E-state index is 11.8. The highest BCUT2D eigenvalue weighted by Gasteiger charge is 2.04. The Bertz CT molecular complexity index is 686. The highest BCUT2D eigenvalue weighted by atomic mass is 16.5. The predicted molar refractivity (Wildman–Crippen MR) is 94.6 cm³/mol. The lowest BCUT2D eigenvalue weighted by atomic mass is 10.1. The number of hydrogen-bond acceptors (Lipinski definition) is 3. The molecule has 2 aromatic rings. The number of carbonyl (C=O) groups is 1. The van der Waals surface area contributed by atoms with Gasteiger partial charge in [-0.3, -0.25) is 0 Å². The van der Waals surface area contributed by atoms with Gasteiger partial charge in [0.2, 0.25) is 0 Å². The van der Waals surface area contributed by atoms with Crippen molar-refractivity contribution in [2.75, 3.05) is 20.3 Å². The largest absolute Gasteiger partial charge is 0.496 e. The smallest absolute Gasteiger partial charge is 0.315 e. The molecule has 2 rings (SSSR count). The lowest BCUT2D eigenvalue weighted by molar-refractivity contribution is 0.236. The highest BCUT2D eigenvalue weighted by Crippen LogP contribution is 2.17. The molecular formula is C19H24N2O3. The van der Waals surface area contributed by atoms with Crippen molar-refractivity contribution in [2.45, 2.75) is 20.4 Å². The summed E-state index contributed by atoms with van der Waals surface area (Å²) in [5.41, 5.74) is 3.35. The maximum Gasteiger partial charge on any atom is 0.315 e. The number of carbonyl (C=O) groups excluding carboxylic acids is 1. The zero-order valence-corrected chi connectivity index (χ0v) is 14.4. The Balaban J connectivity index is 1.69. The average Bonchev–Trinajstić information content (AvgIpc) is 2.60. The highest BCUT2D eigenvalue weighted by molar-refractivity contribution is 5.73. The van der Waals surface area contributed by atoms with Crippen LogP contribution < -0.4 is 20.1 Å². The molecule has 5 nitrogen and oxygen atoms in total. The van der Waals surface area contributed by atoms with Crippen LogP contribution >= 0.6 is 0 Å². The number of para-hydroxylation sites is 1. The molecule has 0 saturated heterocycles. The van der Waals surface area contributed by atoms with Crippen LogP contribution in [0.1, 0.15) is 16.7 Å². The van der Waals surface area contributed by atoms with Gasteiger partial charge in [0.25, 0.3) is 0 Å². The van der Waals surface area contributed by atoms with Gasteiger partial charge in [0.05, 0.1) is 13.7 Å². The van der Waals surface area contributed by atoms with Gasteiger partial charge in [-0.05, 0) is 43.2 Å². The van der Waals surface area contributed by atoms with Crippen molar-refractivity contribution in [2.24, 2.45) is 0 Å². The summed E-state index contributed by atoms with van der Waals surface area (Å²) in [6.07, 6.45) is 0. The minimum atomic E-state index is -0.232. The van der Waals surface area contributed by atoms with E-state index in [9.17, 15) is 4.79 Å². The molecular weight excluding hydrogens is 304 g/mol. The zero-order valence-electron chi connectivity index (χ0n) is 14.4. The van der Waals surface area contributed by atoms with E-state index < -0.39 is 0 Å². The molecule has 0 unspecified atom stereocenters. The van der Waals surface area contributed by atoms with Gasteiger partial charge in [0.15, 0.2) is 0 Å². The second-order valence-electron chi connectivity index (χ2n) is 5.52. The van der Waals surface area contributed by atoms with Crippen LogP contribution in [0.5, 0.6) is 11.5 Å². The van der Waals surface area contributed by atoms with Crippen molar-refractivity contribution in [3.63, 3.8) is 0 Å². The molecule has 5 heteroatoms. The first kappa shape index (κ1) is 17.7.